The number of aryl methyl sites for hydroxylation is 2. The van der Waals surface area contributed by atoms with E-state index in [4.69, 9.17) is 5.26 Å². The molecular formula is C13H15N3S. The predicted molar refractivity (Wildman–Crippen MR) is 71.0 cm³/mol. The lowest BCUT2D eigenvalue weighted by Crippen LogP contribution is -1.97. The highest BCUT2D eigenvalue weighted by molar-refractivity contribution is 7.99. The van der Waals surface area contributed by atoms with E-state index in [2.05, 4.69) is 40.7 Å². The molecule has 0 saturated heterocycles. The predicted octanol–water partition coefficient (Wildman–Crippen LogP) is 3.13. The Morgan fingerprint density at radius 2 is 2.29 bits per heavy atom. The smallest absolute Gasteiger partial charge is 0.168 e. The number of fused-ring (bicyclic) bond motifs is 1. The van der Waals surface area contributed by atoms with Gasteiger partial charge >= 0.3 is 0 Å². The van der Waals surface area contributed by atoms with Crippen LogP contribution in [0.25, 0.3) is 11.0 Å². The zero-order chi connectivity index (χ0) is 12.4. The second kappa shape index (κ2) is 4.80. The van der Waals surface area contributed by atoms with Gasteiger partial charge in [0.2, 0.25) is 0 Å². The highest BCUT2D eigenvalue weighted by Gasteiger charge is 2.09. The van der Waals surface area contributed by atoms with E-state index in [9.17, 15) is 0 Å². The van der Waals surface area contributed by atoms with Gasteiger partial charge in [0, 0.05) is 12.8 Å². The SMILES string of the molecule is Cc1ccc2c(c1)nc(SCC(C)C#N)n2C. The number of nitrogens with zero attached hydrogens (tertiary/aromatic N) is 3. The lowest BCUT2D eigenvalue weighted by molar-refractivity contribution is 0.804. The monoisotopic (exact) mass is 245 g/mol. The zero-order valence-corrected chi connectivity index (χ0v) is 11.1. The number of benzene rings is 1. The summed E-state index contributed by atoms with van der Waals surface area (Å²) in [6.07, 6.45) is 0. The molecule has 0 N–H and O–H groups in total. The Morgan fingerprint density at radius 3 is 3.00 bits per heavy atom. The summed E-state index contributed by atoms with van der Waals surface area (Å²) in [5.74, 6) is 0.841. The molecular weight excluding hydrogens is 230 g/mol. The Kier molecular flexibility index (Phi) is 3.39. The molecule has 1 unspecified atom stereocenters. The number of rotatable bonds is 3. The Labute approximate surface area is 105 Å². The molecule has 0 fully saturated rings. The lowest BCUT2D eigenvalue weighted by atomic mass is 10.2. The lowest BCUT2D eigenvalue weighted by Gasteiger charge is -2.02. The minimum atomic E-state index is 0.0570. The van der Waals surface area contributed by atoms with Gasteiger partial charge in [-0.25, -0.2) is 4.98 Å². The molecule has 0 aliphatic heterocycles. The van der Waals surface area contributed by atoms with Gasteiger partial charge in [-0.1, -0.05) is 17.8 Å². The van der Waals surface area contributed by atoms with Gasteiger partial charge in [0.1, 0.15) is 0 Å². The molecule has 2 aromatic rings. The van der Waals surface area contributed by atoms with Crippen molar-refractivity contribution in [2.75, 3.05) is 5.75 Å². The summed E-state index contributed by atoms with van der Waals surface area (Å²) < 4.78 is 2.09. The number of hydrogen-bond acceptors (Lipinski definition) is 3. The Bertz CT molecular complexity index is 580. The minimum Gasteiger partial charge on any atom is -0.322 e. The van der Waals surface area contributed by atoms with Crippen LogP contribution in [0.3, 0.4) is 0 Å². The average molecular weight is 245 g/mol. The summed E-state index contributed by atoms with van der Waals surface area (Å²) in [4.78, 5) is 4.60. The first kappa shape index (κ1) is 12.0. The second-order valence-corrected chi connectivity index (χ2v) is 5.27. The Balaban J connectivity index is 2.30. The Hall–Kier alpha value is -1.47. The molecule has 4 heteroatoms. The maximum atomic E-state index is 8.77. The molecule has 1 atom stereocenters. The number of nitriles is 1. The van der Waals surface area contributed by atoms with Crippen molar-refractivity contribution >= 4 is 22.8 Å². The standard InChI is InChI=1S/C13H15N3S/c1-9-4-5-12-11(6-9)15-13(16(12)3)17-8-10(2)7-14/h4-6,10H,8H2,1-3H3. The molecule has 0 aliphatic carbocycles. The van der Waals surface area contributed by atoms with Gasteiger partial charge < -0.3 is 4.57 Å². The third kappa shape index (κ3) is 2.45. The van der Waals surface area contributed by atoms with Crippen molar-refractivity contribution < 1.29 is 0 Å². The summed E-state index contributed by atoms with van der Waals surface area (Å²) in [6, 6.07) is 8.52. The van der Waals surface area contributed by atoms with Crippen LogP contribution in [0.1, 0.15) is 12.5 Å². The van der Waals surface area contributed by atoms with Gasteiger partial charge in [-0.3, -0.25) is 0 Å². The third-order valence-electron chi connectivity index (χ3n) is 2.68. The van der Waals surface area contributed by atoms with Crippen LogP contribution in [-0.4, -0.2) is 15.3 Å². The maximum absolute atomic E-state index is 8.77. The molecule has 1 aromatic heterocycles. The first-order chi connectivity index (χ1) is 8.11. The molecule has 0 spiro atoms. The van der Waals surface area contributed by atoms with Gasteiger partial charge in [0.25, 0.3) is 0 Å². The number of hydrogen-bond donors (Lipinski definition) is 0. The van der Waals surface area contributed by atoms with Gasteiger partial charge in [-0.05, 0) is 31.5 Å². The molecule has 1 heterocycles. The summed E-state index contributed by atoms with van der Waals surface area (Å²) >= 11 is 1.64. The first-order valence-corrected chi connectivity index (χ1v) is 6.56. The molecule has 0 amide bonds. The minimum absolute atomic E-state index is 0.0570. The van der Waals surface area contributed by atoms with Crippen molar-refractivity contribution in [1.29, 1.82) is 5.26 Å². The van der Waals surface area contributed by atoms with E-state index in [0.717, 1.165) is 21.9 Å². The van der Waals surface area contributed by atoms with Crippen LogP contribution in [0.15, 0.2) is 23.4 Å². The van der Waals surface area contributed by atoms with E-state index in [0.29, 0.717) is 0 Å². The van der Waals surface area contributed by atoms with Crippen LogP contribution in [0.2, 0.25) is 0 Å². The van der Waals surface area contributed by atoms with Gasteiger partial charge in [0.15, 0.2) is 5.16 Å². The van der Waals surface area contributed by atoms with Crippen molar-refractivity contribution in [3.05, 3.63) is 23.8 Å². The van der Waals surface area contributed by atoms with Crippen molar-refractivity contribution in [2.45, 2.75) is 19.0 Å². The van der Waals surface area contributed by atoms with Crippen LogP contribution in [0.5, 0.6) is 0 Å². The van der Waals surface area contributed by atoms with E-state index in [1.54, 1.807) is 11.8 Å². The fraction of sp³-hybridized carbons (Fsp3) is 0.385. The van der Waals surface area contributed by atoms with Crippen LogP contribution >= 0.6 is 11.8 Å². The van der Waals surface area contributed by atoms with E-state index >= 15 is 0 Å². The van der Waals surface area contributed by atoms with Crippen LogP contribution < -0.4 is 0 Å². The Morgan fingerprint density at radius 1 is 1.53 bits per heavy atom. The maximum Gasteiger partial charge on any atom is 0.168 e. The fourth-order valence-corrected chi connectivity index (χ4v) is 2.58. The highest BCUT2D eigenvalue weighted by Crippen LogP contribution is 2.24. The molecule has 88 valence electrons. The molecule has 0 saturated carbocycles. The van der Waals surface area contributed by atoms with Crippen molar-refractivity contribution in [3.8, 4) is 6.07 Å². The summed E-state index contributed by atoms with van der Waals surface area (Å²) in [5.41, 5.74) is 3.39. The van der Waals surface area contributed by atoms with Gasteiger partial charge in [-0.2, -0.15) is 5.26 Å². The van der Waals surface area contributed by atoms with E-state index in [1.165, 1.54) is 5.56 Å². The topological polar surface area (TPSA) is 41.6 Å². The average Bonchev–Trinajstić information content (AvgIpc) is 2.62. The highest BCUT2D eigenvalue weighted by atomic mass is 32.2. The molecule has 0 bridgehead atoms. The van der Waals surface area contributed by atoms with E-state index < -0.39 is 0 Å². The van der Waals surface area contributed by atoms with Gasteiger partial charge in [0.05, 0.1) is 23.0 Å². The summed E-state index contributed by atoms with van der Waals surface area (Å²) in [6.45, 7) is 4.00. The van der Waals surface area contributed by atoms with Crippen LogP contribution in [0.4, 0.5) is 0 Å². The van der Waals surface area contributed by atoms with E-state index in [-0.39, 0.29) is 5.92 Å². The molecule has 2 rings (SSSR count). The second-order valence-electron chi connectivity index (χ2n) is 4.29. The quantitative estimate of drug-likeness (QED) is 0.780. The number of aromatic nitrogens is 2. The summed E-state index contributed by atoms with van der Waals surface area (Å²) in [7, 11) is 2.02. The van der Waals surface area contributed by atoms with Gasteiger partial charge in [-0.15, -0.1) is 0 Å². The molecule has 0 aliphatic rings. The molecule has 3 nitrogen and oxygen atoms in total. The van der Waals surface area contributed by atoms with Crippen molar-refractivity contribution in [2.24, 2.45) is 13.0 Å². The van der Waals surface area contributed by atoms with Crippen molar-refractivity contribution in [3.63, 3.8) is 0 Å². The largest absolute Gasteiger partial charge is 0.322 e. The summed E-state index contributed by atoms with van der Waals surface area (Å²) in [5, 5.41) is 9.75. The fourth-order valence-electron chi connectivity index (χ4n) is 1.65. The van der Waals surface area contributed by atoms with E-state index in [1.807, 2.05) is 14.0 Å². The molecule has 1 aromatic carbocycles. The zero-order valence-electron chi connectivity index (χ0n) is 10.3. The molecule has 0 radical (unpaired) electrons. The van der Waals surface area contributed by atoms with Crippen molar-refractivity contribution in [1.82, 2.24) is 9.55 Å². The third-order valence-corrected chi connectivity index (χ3v) is 3.97. The molecule has 17 heavy (non-hydrogen) atoms. The number of thioether (sulfide) groups is 1. The number of imidazole rings is 1. The first-order valence-electron chi connectivity index (χ1n) is 5.57. The normalized spacial score (nSPS) is 12.6. The van der Waals surface area contributed by atoms with Crippen LogP contribution in [0, 0.1) is 24.2 Å². The van der Waals surface area contributed by atoms with Crippen LogP contribution in [-0.2, 0) is 7.05 Å².